The van der Waals surface area contributed by atoms with Crippen LogP contribution in [0.15, 0.2) is 39.7 Å². The number of carbonyl (C=O) groups is 1. The fourth-order valence-electron chi connectivity index (χ4n) is 4.21. The van der Waals surface area contributed by atoms with Gasteiger partial charge in [0.05, 0.1) is 17.7 Å². The summed E-state index contributed by atoms with van der Waals surface area (Å²) in [5.74, 6) is 0.282. The van der Waals surface area contributed by atoms with E-state index in [1.807, 2.05) is 0 Å². The largest absolute Gasteiger partial charge is 0.488 e. The van der Waals surface area contributed by atoms with Crippen LogP contribution in [0.1, 0.15) is 40.1 Å². The molecular weight excluding hydrogens is 388 g/mol. The summed E-state index contributed by atoms with van der Waals surface area (Å²) in [6.45, 7) is 2.51. The van der Waals surface area contributed by atoms with E-state index in [1.165, 1.54) is 0 Å². The summed E-state index contributed by atoms with van der Waals surface area (Å²) in [5, 5.41) is 11.0. The standard InChI is InChI=1S/C22H24N2O6/c1-13-17(20(23)26)18-15(30-13)4-5-16(29-11-14-3-2-8-24-21(14)27)19(18)22(12-25)6-9-28-10-7-22/h2-5,8,25H,6-7,9-12H2,1H3,(H2,23,26)(H,24,27). The van der Waals surface area contributed by atoms with Crippen LogP contribution in [0.5, 0.6) is 5.75 Å². The van der Waals surface area contributed by atoms with E-state index in [2.05, 4.69) is 4.98 Å². The number of amides is 1. The third-order valence-corrected chi connectivity index (χ3v) is 5.81. The maximum absolute atomic E-state index is 12.2. The van der Waals surface area contributed by atoms with Gasteiger partial charge in [0.2, 0.25) is 0 Å². The average molecular weight is 412 g/mol. The van der Waals surface area contributed by atoms with Crippen molar-refractivity contribution in [2.24, 2.45) is 5.73 Å². The van der Waals surface area contributed by atoms with Crippen LogP contribution >= 0.6 is 0 Å². The molecule has 0 saturated carbocycles. The van der Waals surface area contributed by atoms with Crippen molar-refractivity contribution >= 4 is 16.9 Å². The second-order valence-corrected chi connectivity index (χ2v) is 7.57. The molecular formula is C22H24N2O6. The van der Waals surface area contributed by atoms with Crippen LogP contribution in [0.3, 0.4) is 0 Å². The second kappa shape index (κ2) is 7.97. The van der Waals surface area contributed by atoms with E-state index in [4.69, 9.17) is 19.6 Å². The van der Waals surface area contributed by atoms with Crippen LogP contribution in [0, 0.1) is 6.92 Å². The molecule has 1 amide bonds. The minimum atomic E-state index is -0.684. The summed E-state index contributed by atoms with van der Waals surface area (Å²) in [6.07, 6.45) is 2.65. The Morgan fingerprint density at radius 1 is 1.30 bits per heavy atom. The Bertz CT molecular complexity index is 1140. The number of rotatable bonds is 6. The van der Waals surface area contributed by atoms with Gasteiger partial charge in [0, 0.05) is 35.8 Å². The lowest BCUT2D eigenvalue weighted by Gasteiger charge is -2.37. The normalized spacial score (nSPS) is 15.9. The molecule has 30 heavy (non-hydrogen) atoms. The van der Waals surface area contributed by atoms with Crippen molar-refractivity contribution in [3.8, 4) is 5.75 Å². The number of pyridine rings is 1. The summed E-state index contributed by atoms with van der Waals surface area (Å²) in [7, 11) is 0. The molecule has 0 bridgehead atoms. The zero-order chi connectivity index (χ0) is 21.3. The first-order valence-corrected chi connectivity index (χ1v) is 9.81. The molecule has 0 radical (unpaired) electrons. The van der Waals surface area contributed by atoms with Gasteiger partial charge >= 0.3 is 0 Å². The first-order valence-electron chi connectivity index (χ1n) is 9.81. The molecule has 158 valence electrons. The molecule has 0 spiro atoms. The van der Waals surface area contributed by atoms with Gasteiger partial charge in [0.1, 0.15) is 23.7 Å². The Morgan fingerprint density at radius 3 is 2.73 bits per heavy atom. The predicted octanol–water partition coefficient (Wildman–Crippen LogP) is 2.15. The van der Waals surface area contributed by atoms with Crippen LogP contribution in [-0.2, 0) is 16.8 Å². The zero-order valence-electron chi connectivity index (χ0n) is 16.7. The van der Waals surface area contributed by atoms with Gasteiger partial charge < -0.3 is 29.7 Å². The summed E-state index contributed by atoms with van der Waals surface area (Å²) in [6, 6.07) is 6.87. The Labute approximate surface area is 172 Å². The van der Waals surface area contributed by atoms with Gasteiger partial charge in [0.25, 0.3) is 11.5 Å². The fourth-order valence-corrected chi connectivity index (χ4v) is 4.21. The first-order chi connectivity index (χ1) is 14.5. The van der Waals surface area contributed by atoms with Crippen molar-refractivity contribution in [1.82, 2.24) is 4.98 Å². The number of nitrogens with two attached hydrogens (primary N) is 1. The number of primary amides is 1. The SMILES string of the molecule is Cc1oc2ccc(OCc3ccc[nH]c3=O)c(C3(CO)CCOCC3)c2c1C(N)=O. The Balaban J connectivity index is 1.91. The molecule has 2 aromatic heterocycles. The van der Waals surface area contributed by atoms with E-state index < -0.39 is 11.3 Å². The van der Waals surface area contributed by atoms with Gasteiger partial charge in [-0.05, 0) is 44.0 Å². The summed E-state index contributed by atoms with van der Waals surface area (Å²) in [4.78, 5) is 26.9. The highest BCUT2D eigenvalue weighted by Gasteiger charge is 2.40. The molecule has 1 fully saturated rings. The van der Waals surface area contributed by atoms with Crippen LogP contribution < -0.4 is 16.0 Å². The lowest BCUT2D eigenvalue weighted by Crippen LogP contribution is -2.38. The third-order valence-electron chi connectivity index (χ3n) is 5.81. The number of aliphatic hydroxyl groups excluding tert-OH is 1. The summed E-state index contributed by atoms with van der Waals surface area (Å²) >= 11 is 0. The number of hydrogen-bond donors (Lipinski definition) is 3. The molecule has 1 aliphatic rings. The highest BCUT2D eigenvalue weighted by atomic mass is 16.5. The maximum atomic E-state index is 12.2. The smallest absolute Gasteiger partial charge is 0.254 e. The zero-order valence-corrected chi connectivity index (χ0v) is 16.7. The molecule has 4 N–H and O–H groups in total. The van der Waals surface area contributed by atoms with Crippen molar-refractivity contribution in [2.45, 2.75) is 31.8 Å². The Morgan fingerprint density at radius 2 is 2.07 bits per heavy atom. The van der Waals surface area contributed by atoms with Crippen molar-refractivity contribution in [1.29, 1.82) is 0 Å². The van der Waals surface area contributed by atoms with Crippen molar-refractivity contribution in [3.05, 3.63) is 63.3 Å². The van der Waals surface area contributed by atoms with Gasteiger partial charge in [0.15, 0.2) is 0 Å². The Kier molecular flexibility index (Phi) is 5.36. The van der Waals surface area contributed by atoms with Crippen LogP contribution in [0.2, 0.25) is 0 Å². The minimum Gasteiger partial charge on any atom is -0.488 e. The minimum absolute atomic E-state index is 0.0371. The molecule has 0 unspecified atom stereocenters. The van der Waals surface area contributed by atoms with Crippen LogP contribution in [0.4, 0.5) is 0 Å². The van der Waals surface area contributed by atoms with E-state index in [-0.39, 0.29) is 24.3 Å². The number of fused-ring (bicyclic) bond motifs is 1. The molecule has 4 rings (SSSR count). The van der Waals surface area contributed by atoms with E-state index in [9.17, 15) is 14.7 Å². The molecule has 3 aromatic rings. The number of furan rings is 1. The highest BCUT2D eigenvalue weighted by molar-refractivity contribution is 6.08. The number of ether oxygens (including phenoxy) is 2. The number of carbonyl (C=O) groups excluding carboxylic acids is 1. The fraction of sp³-hybridized carbons (Fsp3) is 0.364. The lowest BCUT2D eigenvalue weighted by atomic mass is 9.72. The van der Waals surface area contributed by atoms with E-state index >= 15 is 0 Å². The van der Waals surface area contributed by atoms with E-state index in [1.54, 1.807) is 37.4 Å². The van der Waals surface area contributed by atoms with Gasteiger partial charge in [-0.2, -0.15) is 0 Å². The average Bonchev–Trinajstić information content (AvgIpc) is 3.09. The predicted molar refractivity (Wildman–Crippen MR) is 110 cm³/mol. The third kappa shape index (κ3) is 3.38. The van der Waals surface area contributed by atoms with E-state index in [0.717, 1.165) is 0 Å². The van der Waals surface area contributed by atoms with E-state index in [0.29, 0.717) is 59.7 Å². The van der Waals surface area contributed by atoms with Crippen molar-refractivity contribution in [2.75, 3.05) is 19.8 Å². The molecule has 0 atom stereocenters. The first kappa shape index (κ1) is 20.2. The number of H-pyrrole nitrogens is 1. The summed E-state index contributed by atoms with van der Waals surface area (Å²) in [5.41, 5.74) is 6.67. The van der Waals surface area contributed by atoms with Crippen molar-refractivity contribution < 1.29 is 23.8 Å². The number of benzene rings is 1. The maximum Gasteiger partial charge on any atom is 0.254 e. The molecule has 1 aromatic carbocycles. The highest BCUT2D eigenvalue weighted by Crippen LogP contribution is 2.46. The number of nitrogens with one attached hydrogen (secondary N) is 1. The molecule has 8 heteroatoms. The number of aromatic amines is 1. The number of hydrogen-bond acceptors (Lipinski definition) is 6. The molecule has 8 nitrogen and oxygen atoms in total. The number of aryl methyl sites for hydroxylation is 1. The van der Waals surface area contributed by atoms with Crippen molar-refractivity contribution in [3.63, 3.8) is 0 Å². The number of aliphatic hydroxyl groups is 1. The summed E-state index contributed by atoms with van der Waals surface area (Å²) < 4.78 is 17.4. The topological polar surface area (TPSA) is 128 Å². The molecule has 3 heterocycles. The van der Waals surface area contributed by atoms with Gasteiger partial charge in [-0.3, -0.25) is 9.59 Å². The van der Waals surface area contributed by atoms with Gasteiger partial charge in [-0.1, -0.05) is 0 Å². The molecule has 1 aliphatic heterocycles. The van der Waals surface area contributed by atoms with Gasteiger partial charge in [-0.15, -0.1) is 0 Å². The monoisotopic (exact) mass is 412 g/mol. The van der Waals surface area contributed by atoms with Gasteiger partial charge in [-0.25, -0.2) is 0 Å². The second-order valence-electron chi connectivity index (χ2n) is 7.57. The molecule has 0 aliphatic carbocycles. The lowest BCUT2D eigenvalue weighted by molar-refractivity contribution is 0.0246. The van der Waals surface area contributed by atoms with Crippen LogP contribution in [0.25, 0.3) is 11.0 Å². The molecule has 1 saturated heterocycles. The Hall–Kier alpha value is -3.10. The number of aromatic nitrogens is 1. The quantitative estimate of drug-likeness (QED) is 0.569. The van der Waals surface area contributed by atoms with Crippen LogP contribution in [-0.4, -0.2) is 35.8 Å².